The lowest BCUT2D eigenvalue weighted by Gasteiger charge is -2.32. The first-order valence-corrected chi connectivity index (χ1v) is 10.9. The number of piperidine rings is 1. The highest BCUT2D eigenvalue weighted by Crippen LogP contribution is 2.20. The molecule has 2 aromatic rings. The van der Waals surface area contributed by atoms with Gasteiger partial charge in [-0.25, -0.2) is 13.4 Å². The molecule has 3 rings (SSSR count). The van der Waals surface area contributed by atoms with E-state index < -0.39 is 10.0 Å². The number of thiazole rings is 1. The Morgan fingerprint density at radius 2 is 2.08 bits per heavy atom. The van der Waals surface area contributed by atoms with E-state index in [1.807, 2.05) is 0 Å². The van der Waals surface area contributed by atoms with Gasteiger partial charge in [0.1, 0.15) is 0 Å². The highest BCUT2D eigenvalue weighted by atomic mass is 32.2. The third kappa shape index (κ3) is 4.80. The number of carbonyl (C=O) groups is 1. The zero-order valence-corrected chi connectivity index (χ0v) is 16.1. The van der Waals surface area contributed by atoms with E-state index in [-0.39, 0.29) is 10.8 Å². The van der Waals surface area contributed by atoms with Crippen molar-refractivity contribution in [3.63, 3.8) is 0 Å². The smallest absolute Gasteiger partial charge is 0.263 e. The molecule has 1 aliphatic heterocycles. The fourth-order valence-electron chi connectivity index (χ4n) is 2.94. The largest absolute Gasteiger partial charge is 0.325 e. The highest BCUT2D eigenvalue weighted by Gasteiger charge is 2.21. The summed E-state index contributed by atoms with van der Waals surface area (Å²) in [6, 6.07) is 6.53. The number of anilines is 2. The van der Waals surface area contributed by atoms with Crippen molar-refractivity contribution >= 4 is 38.1 Å². The Labute approximate surface area is 157 Å². The van der Waals surface area contributed by atoms with Crippen LogP contribution in [0, 0.1) is 0 Å². The summed E-state index contributed by atoms with van der Waals surface area (Å²) in [6.45, 7) is 3.43. The second-order valence-corrected chi connectivity index (χ2v) is 8.91. The van der Waals surface area contributed by atoms with E-state index in [0.29, 0.717) is 23.4 Å². The van der Waals surface area contributed by atoms with E-state index in [4.69, 9.17) is 0 Å². The third-order valence-electron chi connectivity index (χ3n) is 4.39. The number of carbonyl (C=O) groups excluding carboxylic acids is 1. The van der Waals surface area contributed by atoms with Gasteiger partial charge < -0.3 is 5.32 Å². The first kappa shape index (κ1) is 18.8. The van der Waals surface area contributed by atoms with Crippen molar-refractivity contribution in [2.24, 2.45) is 0 Å². The first-order chi connectivity index (χ1) is 12.4. The minimum absolute atomic E-state index is 0.0877. The number of benzene rings is 1. The Kier molecular flexibility index (Phi) is 5.90. The van der Waals surface area contributed by atoms with Gasteiger partial charge in [-0.05, 0) is 50.6 Å². The number of sulfonamides is 1. The molecule has 1 atom stereocenters. The van der Waals surface area contributed by atoms with Crippen LogP contribution in [-0.2, 0) is 14.8 Å². The Bertz CT molecular complexity index is 835. The zero-order chi connectivity index (χ0) is 18.6. The van der Waals surface area contributed by atoms with Crippen LogP contribution in [-0.4, -0.2) is 43.3 Å². The number of amides is 1. The van der Waals surface area contributed by atoms with Gasteiger partial charge in [-0.1, -0.05) is 6.42 Å². The van der Waals surface area contributed by atoms with E-state index in [0.717, 1.165) is 19.4 Å². The van der Waals surface area contributed by atoms with E-state index >= 15 is 0 Å². The molecule has 26 heavy (non-hydrogen) atoms. The van der Waals surface area contributed by atoms with Crippen LogP contribution >= 0.6 is 11.3 Å². The van der Waals surface area contributed by atoms with Crippen molar-refractivity contribution in [3.05, 3.63) is 35.8 Å². The number of likely N-dealkylation sites (tertiary alicyclic amines) is 1. The molecular formula is C17H22N4O3S2. The maximum absolute atomic E-state index is 12.3. The van der Waals surface area contributed by atoms with Crippen LogP contribution in [0.5, 0.6) is 0 Å². The standard InChI is InChI=1S/C17H22N4O3S2/c1-13-4-2-3-10-21(13)12-16(22)19-14-5-7-15(8-6-14)26(23,24)20-17-18-9-11-25-17/h5-9,11,13H,2-4,10,12H2,1H3,(H,18,20)(H,19,22). The molecule has 1 saturated heterocycles. The van der Waals surface area contributed by atoms with Gasteiger partial charge in [-0.2, -0.15) is 0 Å². The Balaban J connectivity index is 1.59. The summed E-state index contributed by atoms with van der Waals surface area (Å²) in [5.41, 5.74) is 0.577. The maximum atomic E-state index is 12.3. The van der Waals surface area contributed by atoms with E-state index in [9.17, 15) is 13.2 Å². The van der Waals surface area contributed by atoms with Crippen LogP contribution in [0.25, 0.3) is 0 Å². The number of aromatic nitrogens is 1. The van der Waals surface area contributed by atoms with Gasteiger partial charge in [0.05, 0.1) is 11.4 Å². The van der Waals surface area contributed by atoms with Crippen molar-refractivity contribution in [2.75, 3.05) is 23.1 Å². The van der Waals surface area contributed by atoms with Crippen LogP contribution < -0.4 is 10.0 Å². The zero-order valence-electron chi connectivity index (χ0n) is 14.5. The van der Waals surface area contributed by atoms with E-state index in [1.165, 1.54) is 36.1 Å². The average Bonchev–Trinajstić information content (AvgIpc) is 3.10. The highest BCUT2D eigenvalue weighted by molar-refractivity contribution is 7.93. The molecule has 0 spiro atoms. The third-order valence-corrected chi connectivity index (χ3v) is 6.56. The average molecular weight is 395 g/mol. The quantitative estimate of drug-likeness (QED) is 0.786. The lowest BCUT2D eigenvalue weighted by Crippen LogP contribution is -2.42. The number of hydrogen-bond acceptors (Lipinski definition) is 6. The molecule has 0 aliphatic carbocycles. The molecule has 9 heteroatoms. The van der Waals surface area contributed by atoms with E-state index in [1.54, 1.807) is 17.5 Å². The minimum atomic E-state index is -3.68. The molecule has 140 valence electrons. The normalized spacial score (nSPS) is 18.4. The van der Waals surface area contributed by atoms with E-state index in [2.05, 4.69) is 26.8 Å². The Morgan fingerprint density at radius 1 is 1.31 bits per heavy atom. The van der Waals surface area contributed by atoms with Crippen molar-refractivity contribution in [1.29, 1.82) is 0 Å². The van der Waals surface area contributed by atoms with Crippen LogP contribution in [0.15, 0.2) is 40.7 Å². The van der Waals surface area contributed by atoms with Gasteiger partial charge in [0.2, 0.25) is 5.91 Å². The minimum Gasteiger partial charge on any atom is -0.325 e. The monoisotopic (exact) mass is 394 g/mol. The fourth-order valence-corrected chi connectivity index (χ4v) is 4.73. The first-order valence-electron chi connectivity index (χ1n) is 8.50. The SMILES string of the molecule is CC1CCCCN1CC(=O)Nc1ccc(S(=O)(=O)Nc2nccs2)cc1. The second-order valence-electron chi connectivity index (χ2n) is 6.33. The van der Waals surface area contributed by atoms with Gasteiger partial charge in [-0.3, -0.25) is 14.4 Å². The number of rotatable bonds is 6. The summed E-state index contributed by atoms with van der Waals surface area (Å²) >= 11 is 1.21. The number of nitrogens with one attached hydrogen (secondary N) is 2. The van der Waals surface area contributed by atoms with Crippen molar-refractivity contribution in [1.82, 2.24) is 9.88 Å². The molecule has 7 nitrogen and oxygen atoms in total. The summed E-state index contributed by atoms with van der Waals surface area (Å²) in [4.78, 5) is 18.4. The lowest BCUT2D eigenvalue weighted by molar-refractivity contribution is -0.118. The fraction of sp³-hybridized carbons (Fsp3) is 0.412. The molecule has 0 bridgehead atoms. The lowest BCUT2D eigenvalue weighted by atomic mass is 10.0. The van der Waals surface area contributed by atoms with Crippen molar-refractivity contribution in [2.45, 2.75) is 37.1 Å². The van der Waals surface area contributed by atoms with Gasteiger partial charge in [0.25, 0.3) is 10.0 Å². The predicted octanol–water partition coefficient (Wildman–Crippen LogP) is 2.76. The summed E-state index contributed by atoms with van der Waals surface area (Å²) in [5.74, 6) is -0.0877. The topological polar surface area (TPSA) is 91.4 Å². The van der Waals surface area contributed by atoms with Crippen LogP contribution in [0.1, 0.15) is 26.2 Å². The number of hydrogen-bond donors (Lipinski definition) is 2. The molecule has 0 saturated carbocycles. The van der Waals surface area contributed by atoms with Crippen molar-refractivity contribution in [3.8, 4) is 0 Å². The molecule has 2 heterocycles. The summed E-state index contributed by atoms with van der Waals surface area (Å²) < 4.78 is 27.0. The summed E-state index contributed by atoms with van der Waals surface area (Å²) in [7, 11) is -3.68. The molecule has 1 aromatic heterocycles. The molecule has 1 amide bonds. The summed E-state index contributed by atoms with van der Waals surface area (Å²) in [5, 5.41) is 4.84. The molecule has 1 fully saturated rings. The maximum Gasteiger partial charge on any atom is 0.263 e. The van der Waals surface area contributed by atoms with Crippen molar-refractivity contribution < 1.29 is 13.2 Å². The van der Waals surface area contributed by atoms with Gasteiger partial charge >= 0.3 is 0 Å². The van der Waals surface area contributed by atoms with Crippen LogP contribution in [0.4, 0.5) is 10.8 Å². The summed E-state index contributed by atoms with van der Waals surface area (Å²) in [6.07, 6.45) is 4.98. The Hall–Kier alpha value is -1.97. The molecule has 1 aromatic carbocycles. The van der Waals surface area contributed by atoms with Gasteiger partial charge in [0.15, 0.2) is 5.13 Å². The van der Waals surface area contributed by atoms with Gasteiger partial charge in [0, 0.05) is 23.3 Å². The Morgan fingerprint density at radius 3 is 2.73 bits per heavy atom. The molecule has 2 N–H and O–H groups in total. The second kappa shape index (κ2) is 8.15. The predicted molar refractivity (Wildman–Crippen MR) is 103 cm³/mol. The number of nitrogens with zero attached hydrogens (tertiary/aromatic N) is 2. The van der Waals surface area contributed by atoms with Gasteiger partial charge in [-0.15, -0.1) is 11.3 Å². The molecule has 0 radical (unpaired) electrons. The molecule has 1 aliphatic rings. The van der Waals surface area contributed by atoms with Crippen LogP contribution in [0.3, 0.4) is 0 Å². The van der Waals surface area contributed by atoms with Crippen LogP contribution in [0.2, 0.25) is 0 Å². The molecule has 1 unspecified atom stereocenters. The molecular weight excluding hydrogens is 372 g/mol.